The normalized spacial score (nSPS) is 11.5. The average molecular weight is 363 g/mol. The van der Waals surface area contributed by atoms with Crippen LogP contribution in [0, 0.1) is 13.8 Å². The van der Waals surface area contributed by atoms with Crippen molar-refractivity contribution in [3.8, 4) is 11.3 Å². The van der Waals surface area contributed by atoms with Crippen molar-refractivity contribution in [2.45, 2.75) is 18.7 Å². The number of hydrogen-bond acceptors (Lipinski definition) is 4. The van der Waals surface area contributed by atoms with Gasteiger partial charge in [0.25, 0.3) is 10.0 Å². The van der Waals surface area contributed by atoms with Gasteiger partial charge in [0.1, 0.15) is 0 Å². The van der Waals surface area contributed by atoms with Gasteiger partial charge in [-0.25, -0.2) is 8.42 Å². The van der Waals surface area contributed by atoms with Gasteiger partial charge in [0.2, 0.25) is 0 Å². The monoisotopic (exact) mass is 362 g/mol. The molecule has 0 fully saturated rings. The summed E-state index contributed by atoms with van der Waals surface area (Å²) < 4.78 is 33.2. The number of nitrogens with zero attached hydrogens (tertiary/aromatic N) is 1. The minimum atomic E-state index is -3.76. The van der Waals surface area contributed by atoms with Crippen LogP contribution in [0.2, 0.25) is 5.02 Å². The Balaban J connectivity index is 2.01. The number of anilines is 1. The highest BCUT2D eigenvalue weighted by Gasteiger charge is 2.19. The Labute approximate surface area is 145 Å². The lowest BCUT2D eigenvalue weighted by molar-refractivity contribution is 0.427. The summed E-state index contributed by atoms with van der Waals surface area (Å²) in [6.45, 7) is 3.54. The molecule has 1 heterocycles. The van der Waals surface area contributed by atoms with Crippen LogP contribution in [0.3, 0.4) is 0 Å². The highest BCUT2D eigenvalue weighted by atomic mass is 35.5. The maximum Gasteiger partial charge on any atom is 0.262 e. The van der Waals surface area contributed by atoms with Crippen LogP contribution in [0.1, 0.15) is 11.3 Å². The summed E-state index contributed by atoms with van der Waals surface area (Å²) in [6, 6.07) is 13.4. The molecule has 24 heavy (non-hydrogen) atoms. The Hall–Kier alpha value is -2.31. The SMILES string of the molecule is Cc1cc(-c2ccc(C)c(S(=O)(=O)Nc3cccc(Cl)c3)c2)on1. The van der Waals surface area contributed by atoms with Crippen molar-refractivity contribution >= 4 is 27.3 Å². The third-order valence-corrected chi connectivity index (χ3v) is 5.23. The van der Waals surface area contributed by atoms with Gasteiger partial charge in [-0.15, -0.1) is 0 Å². The Morgan fingerprint density at radius 2 is 1.88 bits per heavy atom. The van der Waals surface area contributed by atoms with Crippen molar-refractivity contribution in [2.24, 2.45) is 0 Å². The Morgan fingerprint density at radius 1 is 1.08 bits per heavy atom. The van der Waals surface area contributed by atoms with Crippen molar-refractivity contribution in [2.75, 3.05) is 4.72 Å². The van der Waals surface area contributed by atoms with E-state index in [1.54, 1.807) is 62.4 Å². The second-order valence-electron chi connectivity index (χ2n) is 5.43. The fourth-order valence-corrected chi connectivity index (χ4v) is 3.82. The van der Waals surface area contributed by atoms with E-state index < -0.39 is 10.0 Å². The molecule has 0 saturated carbocycles. The molecular weight excluding hydrogens is 348 g/mol. The molecule has 1 N–H and O–H groups in total. The first-order valence-corrected chi connectivity index (χ1v) is 9.04. The van der Waals surface area contributed by atoms with Crippen LogP contribution >= 0.6 is 11.6 Å². The zero-order valence-corrected chi connectivity index (χ0v) is 14.6. The standard InChI is InChI=1S/C17H15ClN2O3S/c1-11-6-7-13(16-8-12(2)19-23-16)9-17(11)24(21,22)20-15-5-3-4-14(18)10-15/h3-10,20H,1-2H3. The lowest BCUT2D eigenvalue weighted by Crippen LogP contribution is -2.14. The molecule has 0 saturated heterocycles. The van der Waals surface area contributed by atoms with Crippen molar-refractivity contribution in [3.05, 3.63) is 64.8 Å². The molecule has 7 heteroatoms. The summed E-state index contributed by atoms with van der Waals surface area (Å²) >= 11 is 5.90. The van der Waals surface area contributed by atoms with Gasteiger partial charge in [0, 0.05) is 16.7 Å². The molecular formula is C17H15ClN2O3S. The number of hydrogen-bond donors (Lipinski definition) is 1. The Kier molecular flexibility index (Phi) is 4.34. The van der Waals surface area contributed by atoms with E-state index in [0.717, 1.165) is 5.69 Å². The Bertz CT molecular complexity index is 997. The maximum absolute atomic E-state index is 12.7. The maximum atomic E-state index is 12.7. The predicted octanol–water partition coefficient (Wildman–Crippen LogP) is 4.41. The first-order valence-electron chi connectivity index (χ1n) is 7.18. The van der Waals surface area contributed by atoms with Gasteiger partial charge in [-0.3, -0.25) is 4.72 Å². The summed E-state index contributed by atoms with van der Waals surface area (Å²) in [4.78, 5) is 0.175. The fourth-order valence-electron chi connectivity index (χ4n) is 2.30. The molecule has 1 aromatic heterocycles. The smallest absolute Gasteiger partial charge is 0.262 e. The summed E-state index contributed by atoms with van der Waals surface area (Å²) in [5.74, 6) is 0.520. The van der Waals surface area contributed by atoms with Crippen LogP contribution in [0.4, 0.5) is 5.69 Å². The van der Waals surface area contributed by atoms with Crippen molar-refractivity contribution in [1.29, 1.82) is 0 Å². The first kappa shape index (κ1) is 16.5. The van der Waals surface area contributed by atoms with Crippen molar-refractivity contribution < 1.29 is 12.9 Å². The molecule has 0 amide bonds. The molecule has 0 aliphatic carbocycles. The lowest BCUT2D eigenvalue weighted by Gasteiger charge is -2.11. The van der Waals surface area contributed by atoms with Gasteiger partial charge >= 0.3 is 0 Å². The molecule has 0 spiro atoms. The highest BCUT2D eigenvalue weighted by Crippen LogP contribution is 2.27. The lowest BCUT2D eigenvalue weighted by atomic mass is 10.1. The van der Waals surface area contributed by atoms with E-state index in [1.165, 1.54) is 0 Å². The number of nitrogens with one attached hydrogen (secondary N) is 1. The van der Waals surface area contributed by atoms with E-state index in [2.05, 4.69) is 9.88 Å². The summed E-state index contributed by atoms with van der Waals surface area (Å²) in [7, 11) is -3.76. The van der Waals surface area contributed by atoms with Gasteiger partial charge in [0.05, 0.1) is 16.3 Å². The van der Waals surface area contributed by atoms with E-state index in [4.69, 9.17) is 16.1 Å². The van der Waals surface area contributed by atoms with Crippen LogP contribution in [-0.2, 0) is 10.0 Å². The average Bonchev–Trinajstić information content (AvgIpc) is 2.93. The van der Waals surface area contributed by atoms with E-state index in [9.17, 15) is 8.42 Å². The third kappa shape index (κ3) is 3.44. The van der Waals surface area contributed by atoms with E-state index in [1.807, 2.05) is 0 Å². The quantitative estimate of drug-likeness (QED) is 0.746. The predicted molar refractivity (Wildman–Crippen MR) is 93.7 cm³/mol. The van der Waals surface area contributed by atoms with Gasteiger partial charge in [-0.1, -0.05) is 35.0 Å². The molecule has 0 aliphatic rings. The van der Waals surface area contributed by atoms with Gasteiger partial charge in [-0.2, -0.15) is 0 Å². The molecule has 0 atom stereocenters. The van der Waals surface area contributed by atoms with Gasteiger partial charge in [-0.05, 0) is 43.7 Å². The fraction of sp³-hybridized carbons (Fsp3) is 0.118. The minimum Gasteiger partial charge on any atom is -0.356 e. The highest BCUT2D eigenvalue weighted by molar-refractivity contribution is 7.92. The molecule has 5 nitrogen and oxygen atoms in total. The molecule has 0 unspecified atom stereocenters. The molecule has 3 rings (SSSR count). The number of rotatable bonds is 4. The molecule has 2 aromatic carbocycles. The van der Waals surface area contributed by atoms with Crippen molar-refractivity contribution in [1.82, 2.24) is 5.16 Å². The largest absolute Gasteiger partial charge is 0.356 e. The van der Waals surface area contributed by atoms with Crippen LogP contribution in [0.15, 0.2) is 57.9 Å². The zero-order chi connectivity index (χ0) is 17.3. The molecule has 0 aliphatic heterocycles. The van der Waals surface area contributed by atoms with Gasteiger partial charge in [0.15, 0.2) is 5.76 Å². The number of sulfonamides is 1. The first-order chi connectivity index (χ1) is 11.3. The number of halogens is 1. The second-order valence-corrected chi connectivity index (χ2v) is 7.52. The molecule has 124 valence electrons. The van der Waals surface area contributed by atoms with Crippen molar-refractivity contribution in [3.63, 3.8) is 0 Å². The van der Waals surface area contributed by atoms with Crippen LogP contribution < -0.4 is 4.72 Å². The third-order valence-electron chi connectivity index (χ3n) is 3.47. The number of aromatic nitrogens is 1. The number of benzene rings is 2. The van der Waals surface area contributed by atoms with E-state index >= 15 is 0 Å². The second kappa shape index (κ2) is 6.30. The summed E-state index contributed by atoms with van der Waals surface area (Å²) in [5, 5.41) is 4.29. The van der Waals surface area contributed by atoms with Crippen LogP contribution in [0.25, 0.3) is 11.3 Å². The topological polar surface area (TPSA) is 72.2 Å². The van der Waals surface area contributed by atoms with E-state index in [0.29, 0.717) is 27.6 Å². The summed E-state index contributed by atoms with van der Waals surface area (Å²) in [6.07, 6.45) is 0. The zero-order valence-electron chi connectivity index (χ0n) is 13.1. The molecule has 0 bridgehead atoms. The molecule has 3 aromatic rings. The number of aryl methyl sites for hydroxylation is 2. The van der Waals surface area contributed by atoms with Crippen LogP contribution in [-0.4, -0.2) is 13.6 Å². The van der Waals surface area contributed by atoms with Crippen LogP contribution in [0.5, 0.6) is 0 Å². The van der Waals surface area contributed by atoms with Gasteiger partial charge < -0.3 is 4.52 Å². The summed E-state index contributed by atoms with van der Waals surface area (Å²) in [5.41, 5.74) is 2.41. The van der Waals surface area contributed by atoms with E-state index in [-0.39, 0.29) is 4.90 Å². The molecule has 0 radical (unpaired) electrons. The Morgan fingerprint density at radius 3 is 2.54 bits per heavy atom. The minimum absolute atomic E-state index is 0.175.